The number of para-hydroxylation sites is 1. The highest BCUT2D eigenvalue weighted by atomic mass is 35.5. The number of anilines is 1. The lowest BCUT2D eigenvalue weighted by molar-refractivity contribution is 0.624. The van der Waals surface area contributed by atoms with Crippen LogP contribution in [0.5, 0.6) is 0 Å². The molecule has 1 heterocycles. The van der Waals surface area contributed by atoms with Crippen molar-refractivity contribution in [3.05, 3.63) is 47.0 Å². The number of benzene rings is 2. The third-order valence-electron chi connectivity index (χ3n) is 3.73. The molecule has 0 spiro atoms. The fraction of sp³-hybridized carbons (Fsp3) is 0.235. The van der Waals surface area contributed by atoms with Crippen LogP contribution in [0.3, 0.4) is 0 Å². The molecule has 0 amide bonds. The molecule has 0 atom stereocenters. The monoisotopic (exact) mass is 299 g/mol. The molecule has 0 saturated heterocycles. The highest BCUT2D eigenvalue weighted by molar-refractivity contribution is 6.31. The molecule has 0 fully saturated rings. The van der Waals surface area contributed by atoms with Crippen molar-refractivity contribution in [3.8, 4) is 11.4 Å². The van der Waals surface area contributed by atoms with Gasteiger partial charge in [-0.1, -0.05) is 23.7 Å². The Morgan fingerprint density at radius 2 is 1.95 bits per heavy atom. The van der Waals surface area contributed by atoms with E-state index in [9.17, 15) is 0 Å². The van der Waals surface area contributed by atoms with Crippen LogP contribution in [-0.2, 0) is 0 Å². The summed E-state index contributed by atoms with van der Waals surface area (Å²) in [5.41, 5.74) is 11.0. The number of fused-ring (bicyclic) bond motifs is 1. The van der Waals surface area contributed by atoms with Gasteiger partial charge in [0.2, 0.25) is 0 Å². The summed E-state index contributed by atoms with van der Waals surface area (Å²) in [5.74, 6) is 0.892. The molecule has 0 aliphatic carbocycles. The van der Waals surface area contributed by atoms with E-state index >= 15 is 0 Å². The summed E-state index contributed by atoms with van der Waals surface area (Å²) in [4.78, 5) is 4.77. The van der Waals surface area contributed by atoms with E-state index < -0.39 is 0 Å². The topological polar surface area (TPSA) is 43.8 Å². The molecule has 0 saturated carbocycles. The van der Waals surface area contributed by atoms with Gasteiger partial charge in [-0.05, 0) is 50.6 Å². The number of halogens is 1. The number of nitrogen functional groups attached to an aromatic ring is 1. The van der Waals surface area contributed by atoms with Gasteiger partial charge >= 0.3 is 0 Å². The van der Waals surface area contributed by atoms with Crippen LogP contribution in [0, 0.1) is 6.92 Å². The van der Waals surface area contributed by atoms with Gasteiger partial charge in [0.05, 0.1) is 11.0 Å². The second kappa shape index (κ2) is 5.08. The van der Waals surface area contributed by atoms with E-state index in [1.807, 2.05) is 43.3 Å². The molecule has 0 aliphatic rings. The van der Waals surface area contributed by atoms with Crippen LogP contribution in [0.4, 0.5) is 5.69 Å². The van der Waals surface area contributed by atoms with Crippen molar-refractivity contribution in [3.63, 3.8) is 0 Å². The average molecular weight is 300 g/mol. The Labute approximate surface area is 129 Å². The van der Waals surface area contributed by atoms with E-state index in [1.165, 1.54) is 0 Å². The van der Waals surface area contributed by atoms with Crippen molar-refractivity contribution in [2.75, 3.05) is 5.73 Å². The van der Waals surface area contributed by atoms with Gasteiger partial charge in [0, 0.05) is 22.3 Å². The van der Waals surface area contributed by atoms with Gasteiger partial charge in [-0.15, -0.1) is 0 Å². The quantitative estimate of drug-likeness (QED) is 0.689. The zero-order valence-electron chi connectivity index (χ0n) is 12.4. The molecule has 3 aromatic rings. The van der Waals surface area contributed by atoms with E-state index in [0.29, 0.717) is 5.02 Å². The van der Waals surface area contributed by atoms with E-state index in [4.69, 9.17) is 22.3 Å². The first kappa shape index (κ1) is 14.0. The van der Waals surface area contributed by atoms with Crippen LogP contribution in [0.25, 0.3) is 22.4 Å². The van der Waals surface area contributed by atoms with Crippen molar-refractivity contribution in [2.24, 2.45) is 0 Å². The van der Waals surface area contributed by atoms with E-state index in [1.54, 1.807) is 0 Å². The van der Waals surface area contributed by atoms with Gasteiger partial charge in [0.1, 0.15) is 5.82 Å². The fourth-order valence-corrected chi connectivity index (χ4v) is 2.82. The highest BCUT2D eigenvalue weighted by Crippen LogP contribution is 2.33. The number of hydrogen-bond donors (Lipinski definition) is 1. The summed E-state index contributed by atoms with van der Waals surface area (Å²) >= 11 is 6.14. The number of nitrogens with zero attached hydrogens (tertiary/aromatic N) is 2. The molecule has 2 aromatic carbocycles. The maximum absolute atomic E-state index is 6.26. The number of aromatic nitrogens is 2. The second-order valence-electron chi connectivity index (χ2n) is 5.57. The summed E-state index contributed by atoms with van der Waals surface area (Å²) < 4.78 is 2.19. The number of rotatable bonds is 2. The maximum Gasteiger partial charge on any atom is 0.143 e. The first-order valence-corrected chi connectivity index (χ1v) is 7.39. The zero-order chi connectivity index (χ0) is 15.1. The number of aryl methyl sites for hydroxylation is 1. The van der Waals surface area contributed by atoms with Crippen LogP contribution < -0.4 is 5.73 Å². The molecule has 0 aliphatic heterocycles. The van der Waals surface area contributed by atoms with Gasteiger partial charge < -0.3 is 10.3 Å². The molecule has 2 N–H and O–H groups in total. The highest BCUT2D eigenvalue weighted by Gasteiger charge is 2.17. The Morgan fingerprint density at radius 1 is 1.19 bits per heavy atom. The number of imidazole rings is 1. The van der Waals surface area contributed by atoms with Crippen molar-refractivity contribution in [1.29, 1.82) is 0 Å². The van der Waals surface area contributed by atoms with Gasteiger partial charge in [0.15, 0.2) is 0 Å². The number of hydrogen-bond acceptors (Lipinski definition) is 2. The van der Waals surface area contributed by atoms with Crippen LogP contribution in [-0.4, -0.2) is 9.55 Å². The molecule has 3 rings (SSSR count). The minimum atomic E-state index is 0.267. The molecule has 3 nitrogen and oxygen atoms in total. The molecule has 1 aromatic heterocycles. The van der Waals surface area contributed by atoms with Gasteiger partial charge in [-0.25, -0.2) is 4.98 Å². The Kier molecular flexibility index (Phi) is 3.38. The fourth-order valence-electron chi connectivity index (χ4n) is 2.65. The van der Waals surface area contributed by atoms with Crippen molar-refractivity contribution in [1.82, 2.24) is 9.55 Å². The molecule has 0 unspecified atom stereocenters. The van der Waals surface area contributed by atoms with Crippen LogP contribution in [0.1, 0.15) is 25.5 Å². The molecule has 108 valence electrons. The summed E-state index contributed by atoms with van der Waals surface area (Å²) in [6.45, 7) is 6.28. The predicted molar refractivity (Wildman–Crippen MR) is 89.7 cm³/mol. The standard InChI is InChI=1S/C17H18ClN3/c1-10(2)21-15-9-12(18)7-8-14(15)20-17(21)13-6-4-5-11(3)16(13)19/h4-10H,19H2,1-3H3. The maximum atomic E-state index is 6.26. The van der Waals surface area contributed by atoms with E-state index in [0.717, 1.165) is 33.7 Å². The van der Waals surface area contributed by atoms with Crippen molar-refractivity contribution >= 4 is 28.3 Å². The Morgan fingerprint density at radius 3 is 2.67 bits per heavy atom. The first-order chi connectivity index (χ1) is 9.99. The predicted octanol–water partition coefficient (Wildman–Crippen LogP) is 4.83. The summed E-state index contributed by atoms with van der Waals surface area (Å²) in [7, 11) is 0. The summed E-state index contributed by atoms with van der Waals surface area (Å²) in [6, 6.07) is 12.1. The second-order valence-corrected chi connectivity index (χ2v) is 6.00. The van der Waals surface area contributed by atoms with Gasteiger partial charge in [-0.3, -0.25) is 0 Å². The van der Waals surface area contributed by atoms with E-state index in [-0.39, 0.29) is 6.04 Å². The summed E-state index contributed by atoms with van der Waals surface area (Å²) in [6.07, 6.45) is 0. The first-order valence-electron chi connectivity index (χ1n) is 7.02. The minimum absolute atomic E-state index is 0.267. The zero-order valence-corrected chi connectivity index (χ0v) is 13.1. The van der Waals surface area contributed by atoms with E-state index in [2.05, 4.69) is 18.4 Å². The molecule has 21 heavy (non-hydrogen) atoms. The normalized spacial score (nSPS) is 11.5. The minimum Gasteiger partial charge on any atom is -0.398 e. The average Bonchev–Trinajstić information content (AvgIpc) is 2.80. The third-order valence-corrected chi connectivity index (χ3v) is 3.97. The summed E-state index contributed by atoms with van der Waals surface area (Å²) in [5, 5.41) is 0.716. The SMILES string of the molecule is Cc1cccc(-c2nc3ccc(Cl)cc3n2C(C)C)c1N. The molecule has 4 heteroatoms. The lowest BCUT2D eigenvalue weighted by Crippen LogP contribution is -2.05. The largest absolute Gasteiger partial charge is 0.398 e. The van der Waals surface area contributed by atoms with Crippen LogP contribution >= 0.6 is 11.6 Å². The number of nitrogens with two attached hydrogens (primary N) is 1. The lowest BCUT2D eigenvalue weighted by atomic mass is 10.1. The van der Waals surface area contributed by atoms with Crippen LogP contribution in [0.2, 0.25) is 5.02 Å². The van der Waals surface area contributed by atoms with Gasteiger partial charge in [-0.2, -0.15) is 0 Å². The van der Waals surface area contributed by atoms with Crippen LogP contribution in [0.15, 0.2) is 36.4 Å². The van der Waals surface area contributed by atoms with Crippen molar-refractivity contribution in [2.45, 2.75) is 26.8 Å². The molecular weight excluding hydrogens is 282 g/mol. The van der Waals surface area contributed by atoms with Gasteiger partial charge in [0.25, 0.3) is 0 Å². The lowest BCUT2D eigenvalue weighted by Gasteiger charge is -2.15. The third kappa shape index (κ3) is 2.28. The Bertz CT molecular complexity index is 818. The molecular formula is C17H18ClN3. The molecule has 0 bridgehead atoms. The van der Waals surface area contributed by atoms with Crippen molar-refractivity contribution < 1.29 is 0 Å². The Hall–Kier alpha value is -2.00. The Balaban J connectivity index is 2.37. The molecule has 0 radical (unpaired) electrons. The smallest absolute Gasteiger partial charge is 0.143 e.